The maximum atomic E-state index is 12.4. The van der Waals surface area contributed by atoms with Crippen LogP contribution in [-0.2, 0) is 10.0 Å². The zero-order valence-electron chi connectivity index (χ0n) is 11.8. The smallest absolute Gasteiger partial charge is 0.241 e. The number of rotatable bonds is 5. The molecule has 1 rings (SSSR count). The van der Waals surface area contributed by atoms with E-state index in [1.54, 1.807) is 19.9 Å². The molecule has 4 N–H and O–H groups in total. The number of anilines is 1. The molecule has 0 unspecified atom stereocenters. The molecule has 0 aliphatic rings. The predicted octanol–water partition coefficient (Wildman–Crippen LogP) is 1.24. The molecule has 6 heteroatoms. The molecule has 19 heavy (non-hydrogen) atoms. The van der Waals surface area contributed by atoms with Crippen molar-refractivity contribution in [3.05, 3.63) is 22.8 Å². The van der Waals surface area contributed by atoms with Crippen molar-refractivity contribution in [3.8, 4) is 0 Å². The number of aliphatic hydroxyl groups excluding tert-OH is 1. The summed E-state index contributed by atoms with van der Waals surface area (Å²) in [6, 6.07) is 1.28. The molecule has 1 aromatic carbocycles. The largest absolute Gasteiger partial charge is 0.398 e. The van der Waals surface area contributed by atoms with Gasteiger partial charge in [-0.2, -0.15) is 0 Å². The molecule has 0 amide bonds. The average Bonchev–Trinajstić information content (AvgIpc) is 2.32. The molecule has 0 radical (unpaired) electrons. The van der Waals surface area contributed by atoms with Crippen LogP contribution in [0.4, 0.5) is 5.69 Å². The number of hydrogen-bond donors (Lipinski definition) is 3. The summed E-state index contributed by atoms with van der Waals surface area (Å²) in [5.41, 5.74) is 8.47. The summed E-state index contributed by atoms with van der Waals surface area (Å²) in [6.07, 6.45) is 0.523. The van der Waals surface area contributed by atoms with Crippen LogP contribution in [0.15, 0.2) is 11.0 Å². The van der Waals surface area contributed by atoms with Crippen molar-refractivity contribution in [1.82, 2.24) is 4.72 Å². The number of aryl methyl sites for hydroxylation is 2. The van der Waals surface area contributed by atoms with Gasteiger partial charge in [-0.3, -0.25) is 0 Å². The summed E-state index contributed by atoms with van der Waals surface area (Å²) in [4.78, 5) is 0.211. The van der Waals surface area contributed by atoms with Crippen molar-refractivity contribution in [2.75, 3.05) is 12.3 Å². The molecule has 0 aliphatic heterocycles. The van der Waals surface area contributed by atoms with Gasteiger partial charge in [-0.25, -0.2) is 13.1 Å². The van der Waals surface area contributed by atoms with Crippen molar-refractivity contribution in [3.63, 3.8) is 0 Å². The highest BCUT2D eigenvalue weighted by Crippen LogP contribution is 2.28. The first-order chi connectivity index (χ1) is 8.74. The number of aliphatic hydroxyl groups is 1. The number of nitrogen functional groups attached to an aromatic ring is 1. The van der Waals surface area contributed by atoms with E-state index in [0.717, 1.165) is 5.56 Å². The van der Waals surface area contributed by atoms with Crippen LogP contribution in [0.2, 0.25) is 0 Å². The van der Waals surface area contributed by atoms with Crippen LogP contribution < -0.4 is 10.5 Å². The van der Waals surface area contributed by atoms with E-state index in [0.29, 0.717) is 23.2 Å². The molecule has 0 saturated heterocycles. The zero-order chi connectivity index (χ0) is 14.8. The van der Waals surface area contributed by atoms with Crippen molar-refractivity contribution < 1.29 is 13.5 Å². The average molecular weight is 286 g/mol. The zero-order valence-corrected chi connectivity index (χ0v) is 12.6. The quantitative estimate of drug-likeness (QED) is 0.710. The van der Waals surface area contributed by atoms with Gasteiger partial charge in [0.15, 0.2) is 0 Å². The fourth-order valence-electron chi connectivity index (χ4n) is 2.12. The summed E-state index contributed by atoms with van der Waals surface area (Å²) < 4.78 is 27.3. The molecule has 0 aromatic heterocycles. The van der Waals surface area contributed by atoms with E-state index in [1.807, 2.05) is 13.8 Å². The van der Waals surface area contributed by atoms with E-state index in [4.69, 9.17) is 10.8 Å². The van der Waals surface area contributed by atoms with Crippen LogP contribution in [0.1, 0.15) is 30.0 Å². The molecule has 0 heterocycles. The maximum Gasteiger partial charge on any atom is 0.241 e. The second-order valence-electron chi connectivity index (χ2n) is 4.79. The highest BCUT2D eigenvalue weighted by Gasteiger charge is 2.24. The van der Waals surface area contributed by atoms with Gasteiger partial charge in [0.1, 0.15) is 0 Å². The van der Waals surface area contributed by atoms with Crippen LogP contribution in [0, 0.1) is 20.8 Å². The second-order valence-corrected chi connectivity index (χ2v) is 6.44. The van der Waals surface area contributed by atoms with E-state index in [2.05, 4.69) is 4.72 Å². The van der Waals surface area contributed by atoms with Crippen LogP contribution >= 0.6 is 0 Å². The molecule has 108 valence electrons. The molecule has 0 bridgehead atoms. The number of sulfonamides is 1. The van der Waals surface area contributed by atoms with Gasteiger partial charge in [0.05, 0.1) is 11.5 Å². The molecule has 5 nitrogen and oxygen atoms in total. The van der Waals surface area contributed by atoms with Gasteiger partial charge in [0.2, 0.25) is 10.0 Å². The van der Waals surface area contributed by atoms with Crippen LogP contribution in [0.3, 0.4) is 0 Å². The minimum atomic E-state index is -3.67. The third-order valence-corrected chi connectivity index (χ3v) is 5.07. The lowest BCUT2D eigenvalue weighted by molar-refractivity contribution is 0.254. The van der Waals surface area contributed by atoms with Crippen LogP contribution in [0.5, 0.6) is 0 Å². The third kappa shape index (κ3) is 3.26. The van der Waals surface area contributed by atoms with E-state index in [-0.39, 0.29) is 11.5 Å². The van der Waals surface area contributed by atoms with E-state index in [1.165, 1.54) is 0 Å². The topological polar surface area (TPSA) is 92.4 Å². The molecular weight excluding hydrogens is 264 g/mol. The Labute approximate surface area is 114 Å². The molecule has 0 fully saturated rings. The molecule has 0 aliphatic carbocycles. The Morgan fingerprint density at radius 1 is 1.32 bits per heavy atom. The number of nitrogens with two attached hydrogens (primary N) is 1. The van der Waals surface area contributed by atoms with Gasteiger partial charge in [0.25, 0.3) is 0 Å². The van der Waals surface area contributed by atoms with Crippen molar-refractivity contribution in [2.45, 2.75) is 45.1 Å². The first-order valence-corrected chi connectivity index (χ1v) is 7.72. The minimum Gasteiger partial charge on any atom is -0.398 e. The number of hydrogen-bond acceptors (Lipinski definition) is 4. The SMILES string of the molecule is CC[C@@H](CO)NS(=O)(=O)c1c(C)cc(C)c(N)c1C. The lowest BCUT2D eigenvalue weighted by Crippen LogP contribution is -2.37. The fraction of sp³-hybridized carbons (Fsp3) is 0.538. The van der Waals surface area contributed by atoms with Crippen molar-refractivity contribution in [1.29, 1.82) is 0 Å². The standard InChI is InChI=1S/C13H22N2O3S/c1-5-11(7-16)15-19(17,18)13-9(3)6-8(2)12(14)10(13)4/h6,11,15-16H,5,7,14H2,1-4H3/t11-/m0/s1. The first-order valence-electron chi connectivity index (χ1n) is 6.24. The molecule has 0 spiro atoms. The predicted molar refractivity (Wildman–Crippen MR) is 76.6 cm³/mol. The molecule has 0 saturated carbocycles. The normalized spacial score (nSPS) is 13.5. The van der Waals surface area contributed by atoms with Gasteiger partial charge >= 0.3 is 0 Å². The monoisotopic (exact) mass is 286 g/mol. The van der Waals surface area contributed by atoms with E-state index in [9.17, 15) is 8.42 Å². The van der Waals surface area contributed by atoms with Crippen molar-refractivity contribution in [2.24, 2.45) is 0 Å². The Kier molecular flexibility index (Phi) is 4.95. The lowest BCUT2D eigenvalue weighted by Gasteiger charge is -2.19. The number of nitrogens with one attached hydrogen (secondary N) is 1. The third-order valence-electron chi connectivity index (χ3n) is 3.26. The van der Waals surface area contributed by atoms with Crippen LogP contribution in [-0.4, -0.2) is 26.2 Å². The molecule has 1 atom stereocenters. The first kappa shape index (κ1) is 15.9. The second kappa shape index (κ2) is 5.90. The van der Waals surface area contributed by atoms with E-state index >= 15 is 0 Å². The van der Waals surface area contributed by atoms with Gasteiger partial charge in [-0.05, 0) is 43.9 Å². The van der Waals surface area contributed by atoms with Crippen LogP contribution in [0.25, 0.3) is 0 Å². The molecule has 1 aromatic rings. The Hall–Kier alpha value is -1.11. The minimum absolute atomic E-state index is 0.211. The van der Waals surface area contributed by atoms with Gasteiger partial charge in [-0.1, -0.05) is 13.0 Å². The van der Waals surface area contributed by atoms with Gasteiger partial charge in [0, 0.05) is 11.7 Å². The summed E-state index contributed by atoms with van der Waals surface area (Å²) in [6.45, 7) is 6.88. The highest BCUT2D eigenvalue weighted by molar-refractivity contribution is 7.89. The van der Waals surface area contributed by atoms with Gasteiger partial charge in [-0.15, -0.1) is 0 Å². The Balaban J connectivity index is 3.34. The summed E-state index contributed by atoms with van der Waals surface area (Å²) in [5.74, 6) is 0. The van der Waals surface area contributed by atoms with E-state index < -0.39 is 16.1 Å². The highest BCUT2D eigenvalue weighted by atomic mass is 32.2. The summed E-state index contributed by atoms with van der Waals surface area (Å²) in [5, 5.41) is 9.12. The lowest BCUT2D eigenvalue weighted by atomic mass is 10.1. The number of benzene rings is 1. The Morgan fingerprint density at radius 2 is 1.89 bits per heavy atom. The molecular formula is C13H22N2O3S. The maximum absolute atomic E-state index is 12.4. The summed E-state index contributed by atoms with van der Waals surface area (Å²) in [7, 11) is -3.67. The van der Waals surface area contributed by atoms with Crippen molar-refractivity contribution >= 4 is 15.7 Å². The van der Waals surface area contributed by atoms with Gasteiger partial charge < -0.3 is 10.8 Å². The summed E-state index contributed by atoms with van der Waals surface area (Å²) >= 11 is 0. The Bertz CT molecular complexity index is 564. The Morgan fingerprint density at radius 3 is 2.37 bits per heavy atom. The fourth-order valence-corrected chi connectivity index (χ4v) is 3.92.